The highest BCUT2D eigenvalue weighted by atomic mass is 35.5. The van der Waals surface area contributed by atoms with Crippen LogP contribution in [0.1, 0.15) is 36.1 Å². The summed E-state index contributed by atoms with van der Waals surface area (Å²) in [5, 5.41) is 6.89. The molecule has 2 heterocycles. The molecular weight excluding hydrogens is 362 g/mol. The lowest BCUT2D eigenvalue weighted by atomic mass is 10.1. The Hall–Kier alpha value is -2.25. The van der Waals surface area contributed by atoms with Crippen molar-refractivity contribution in [2.45, 2.75) is 26.9 Å². The number of rotatable bonds is 6. The van der Waals surface area contributed by atoms with Gasteiger partial charge in [-0.25, -0.2) is 9.78 Å². The second kappa shape index (κ2) is 7.76. The molecule has 3 rings (SSSR count). The highest BCUT2D eigenvalue weighted by Gasteiger charge is 2.15. The zero-order valence-corrected chi connectivity index (χ0v) is 15.3. The molecule has 0 radical (unpaired) electrons. The van der Waals surface area contributed by atoms with Gasteiger partial charge < -0.3 is 9.26 Å². The normalized spacial score (nSPS) is 11.0. The fourth-order valence-corrected chi connectivity index (χ4v) is 3.01. The lowest BCUT2D eigenvalue weighted by molar-refractivity contribution is 0.0424. The van der Waals surface area contributed by atoms with Crippen LogP contribution in [0, 0.1) is 5.92 Å². The maximum Gasteiger partial charge on any atom is 0.358 e. The van der Waals surface area contributed by atoms with Crippen molar-refractivity contribution < 1.29 is 14.1 Å². The molecule has 2 aromatic heterocycles. The van der Waals surface area contributed by atoms with Gasteiger partial charge in [0.25, 0.3) is 5.89 Å². The van der Waals surface area contributed by atoms with Crippen LogP contribution in [0.25, 0.3) is 10.6 Å². The minimum absolute atomic E-state index is 0.0717. The van der Waals surface area contributed by atoms with Crippen molar-refractivity contribution in [1.29, 1.82) is 0 Å². The molecule has 0 fully saturated rings. The highest BCUT2D eigenvalue weighted by molar-refractivity contribution is 7.13. The van der Waals surface area contributed by atoms with Crippen LogP contribution >= 0.6 is 22.9 Å². The summed E-state index contributed by atoms with van der Waals surface area (Å²) < 4.78 is 10.3. The molecule has 25 heavy (non-hydrogen) atoms. The molecule has 0 saturated carbocycles. The average Bonchev–Trinajstić information content (AvgIpc) is 3.22. The molecule has 0 bridgehead atoms. The van der Waals surface area contributed by atoms with E-state index in [1.165, 1.54) is 11.3 Å². The van der Waals surface area contributed by atoms with Gasteiger partial charge >= 0.3 is 5.97 Å². The fraction of sp³-hybridized carbons (Fsp3) is 0.294. The predicted molar refractivity (Wildman–Crippen MR) is 94.5 cm³/mol. The van der Waals surface area contributed by atoms with E-state index in [0.717, 1.165) is 10.6 Å². The first-order chi connectivity index (χ1) is 12.0. The Kier molecular flexibility index (Phi) is 5.45. The van der Waals surface area contributed by atoms with E-state index in [1.54, 1.807) is 17.5 Å². The van der Waals surface area contributed by atoms with Crippen LogP contribution in [0.3, 0.4) is 0 Å². The quantitative estimate of drug-likeness (QED) is 0.592. The zero-order valence-electron chi connectivity index (χ0n) is 13.7. The van der Waals surface area contributed by atoms with Gasteiger partial charge in [-0.2, -0.15) is 4.98 Å². The number of benzene rings is 1. The topological polar surface area (TPSA) is 78.1 Å². The van der Waals surface area contributed by atoms with Gasteiger partial charge in [0.1, 0.15) is 5.01 Å². The molecule has 0 atom stereocenters. The SMILES string of the molecule is CC(C)Cc1noc(COC(=O)c2csc(-c3ccc(Cl)cc3)n2)n1. The minimum Gasteiger partial charge on any atom is -0.451 e. The van der Waals surface area contributed by atoms with Gasteiger partial charge in [-0.3, -0.25) is 0 Å². The molecule has 8 heteroatoms. The van der Waals surface area contributed by atoms with Gasteiger partial charge in [0.05, 0.1) is 0 Å². The lowest BCUT2D eigenvalue weighted by Crippen LogP contribution is -2.06. The molecule has 3 aromatic rings. The summed E-state index contributed by atoms with van der Waals surface area (Å²) in [6.45, 7) is 4.06. The van der Waals surface area contributed by atoms with Gasteiger partial charge in [0, 0.05) is 22.4 Å². The van der Waals surface area contributed by atoms with Crippen molar-refractivity contribution in [3.8, 4) is 10.6 Å². The van der Waals surface area contributed by atoms with Crippen LogP contribution in [0.2, 0.25) is 5.02 Å². The smallest absolute Gasteiger partial charge is 0.358 e. The van der Waals surface area contributed by atoms with Crippen LogP contribution in [-0.4, -0.2) is 21.1 Å². The minimum atomic E-state index is -0.528. The number of nitrogens with zero attached hydrogens (tertiary/aromatic N) is 3. The third-order valence-corrected chi connectivity index (χ3v) is 4.38. The number of carbonyl (C=O) groups excluding carboxylic acids is 1. The summed E-state index contributed by atoms with van der Waals surface area (Å²) in [6, 6.07) is 7.26. The van der Waals surface area contributed by atoms with Crippen molar-refractivity contribution in [2.24, 2.45) is 5.92 Å². The van der Waals surface area contributed by atoms with Crippen LogP contribution in [0.5, 0.6) is 0 Å². The molecule has 6 nitrogen and oxygen atoms in total. The van der Waals surface area contributed by atoms with Crippen LogP contribution in [-0.2, 0) is 17.8 Å². The van der Waals surface area contributed by atoms with Crippen LogP contribution in [0.4, 0.5) is 0 Å². The second-order valence-corrected chi connectivity index (χ2v) is 7.12. The number of aromatic nitrogens is 3. The maximum absolute atomic E-state index is 12.1. The largest absolute Gasteiger partial charge is 0.451 e. The first-order valence-corrected chi connectivity index (χ1v) is 8.97. The lowest BCUT2D eigenvalue weighted by Gasteiger charge is -1.99. The Morgan fingerprint density at radius 1 is 1.28 bits per heavy atom. The number of ether oxygens (including phenoxy) is 1. The predicted octanol–water partition coefficient (Wildman–Crippen LogP) is 4.40. The van der Waals surface area contributed by atoms with E-state index in [0.29, 0.717) is 23.2 Å². The molecule has 0 aliphatic heterocycles. The van der Waals surface area contributed by atoms with E-state index in [2.05, 4.69) is 29.0 Å². The molecule has 0 aliphatic rings. The summed E-state index contributed by atoms with van der Waals surface area (Å²) in [7, 11) is 0. The van der Waals surface area contributed by atoms with Gasteiger partial charge in [-0.15, -0.1) is 11.3 Å². The fourth-order valence-electron chi connectivity index (χ4n) is 2.09. The van der Waals surface area contributed by atoms with Gasteiger partial charge in [-0.1, -0.05) is 42.7 Å². The Morgan fingerprint density at radius 3 is 2.76 bits per heavy atom. The standard InChI is InChI=1S/C17H16ClN3O3S/c1-10(2)7-14-20-15(24-21-14)8-23-17(22)13-9-25-16(19-13)11-3-5-12(18)6-4-11/h3-6,9-10H,7-8H2,1-2H3. The number of halogens is 1. The summed E-state index contributed by atoms with van der Waals surface area (Å²) in [4.78, 5) is 20.6. The van der Waals surface area contributed by atoms with Crippen molar-refractivity contribution in [2.75, 3.05) is 0 Å². The first kappa shape index (κ1) is 17.6. The molecule has 130 valence electrons. The second-order valence-electron chi connectivity index (χ2n) is 5.82. The summed E-state index contributed by atoms with van der Waals surface area (Å²) in [5.74, 6) is 0.784. The summed E-state index contributed by atoms with van der Waals surface area (Å²) >= 11 is 7.24. The van der Waals surface area contributed by atoms with E-state index in [-0.39, 0.29) is 18.2 Å². The molecule has 0 saturated heterocycles. The van der Waals surface area contributed by atoms with Gasteiger partial charge in [0.15, 0.2) is 18.1 Å². The van der Waals surface area contributed by atoms with Crippen molar-refractivity contribution in [3.05, 3.63) is 52.1 Å². The maximum atomic E-state index is 12.1. The van der Waals surface area contributed by atoms with Crippen LogP contribution in [0.15, 0.2) is 34.2 Å². The van der Waals surface area contributed by atoms with E-state index >= 15 is 0 Å². The third-order valence-electron chi connectivity index (χ3n) is 3.23. The molecule has 0 unspecified atom stereocenters. The third kappa shape index (κ3) is 4.64. The van der Waals surface area contributed by atoms with Crippen LogP contribution < -0.4 is 0 Å². The highest BCUT2D eigenvalue weighted by Crippen LogP contribution is 2.25. The number of esters is 1. The Bertz CT molecular complexity index is 858. The number of carbonyl (C=O) groups is 1. The summed E-state index contributed by atoms with van der Waals surface area (Å²) in [5.41, 5.74) is 1.14. The molecular formula is C17H16ClN3O3S. The molecule has 0 N–H and O–H groups in total. The molecule has 0 spiro atoms. The number of thiazole rings is 1. The van der Waals surface area contributed by atoms with E-state index in [4.69, 9.17) is 20.9 Å². The molecule has 1 aromatic carbocycles. The Balaban J connectivity index is 1.60. The number of hydrogen-bond donors (Lipinski definition) is 0. The van der Waals surface area contributed by atoms with E-state index in [1.807, 2.05) is 12.1 Å². The number of hydrogen-bond acceptors (Lipinski definition) is 7. The van der Waals surface area contributed by atoms with E-state index < -0.39 is 5.97 Å². The van der Waals surface area contributed by atoms with Crippen molar-refractivity contribution >= 4 is 28.9 Å². The average molecular weight is 378 g/mol. The van der Waals surface area contributed by atoms with Crippen molar-refractivity contribution in [3.63, 3.8) is 0 Å². The zero-order chi connectivity index (χ0) is 17.8. The van der Waals surface area contributed by atoms with Crippen molar-refractivity contribution in [1.82, 2.24) is 15.1 Å². The van der Waals surface area contributed by atoms with E-state index in [9.17, 15) is 4.79 Å². The summed E-state index contributed by atoms with van der Waals surface area (Å²) in [6.07, 6.45) is 0.716. The molecule has 0 aliphatic carbocycles. The first-order valence-electron chi connectivity index (χ1n) is 7.71. The van der Waals surface area contributed by atoms with Gasteiger partial charge in [0.2, 0.25) is 0 Å². The monoisotopic (exact) mass is 377 g/mol. The Morgan fingerprint density at radius 2 is 2.04 bits per heavy atom. The Labute approximate surface area is 153 Å². The van der Waals surface area contributed by atoms with Gasteiger partial charge in [-0.05, 0) is 18.1 Å². The molecule has 0 amide bonds.